The van der Waals surface area contributed by atoms with E-state index in [-0.39, 0.29) is 17.9 Å². The lowest BCUT2D eigenvalue weighted by molar-refractivity contribution is -0.128. The average molecular weight is 418 g/mol. The van der Waals surface area contributed by atoms with Crippen LogP contribution in [0, 0.1) is 11.8 Å². The van der Waals surface area contributed by atoms with Crippen LogP contribution in [0.2, 0.25) is 0 Å². The molecule has 6 heteroatoms. The summed E-state index contributed by atoms with van der Waals surface area (Å²) in [4.78, 5) is 28.4. The van der Waals surface area contributed by atoms with Crippen molar-refractivity contribution in [3.63, 3.8) is 0 Å². The number of amides is 2. The molecule has 5 rings (SSSR count). The highest BCUT2D eigenvalue weighted by Gasteiger charge is 2.67. The van der Waals surface area contributed by atoms with Crippen molar-refractivity contribution in [2.75, 3.05) is 23.9 Å². The molecule has 3 aliphatic heterocycles. The first-order valence-electron chi connectivity index (χ1n) is 10.7. The Labute approximate surface area is 181 Å². The third kappa shape index (κ3) is 3.13. The molecule has 2 amide bonds. The first-order chi connectivity index (χ1) is 14.9. The van der Waals surface area contributed by atoms with E-state index in [1.54, 1.807) is 12.0 Å². The Bertz CT molecular complexity index is 1060. The molecular weight excluding hydrogens is 392 g/mol. The predicted molar refractivity (Wildman–Crippen MR) is 118 cm³/mol. The highest BCUT2D eigenvalue weighted by Crippen LogP contribution is 2.53. The number of benzene rings is 2. The van der Waals surface area contributed by atoms with E-state index in [2.05, 4.69) is 19.2 Å². The quantitative estimate of drug-likeness (QED) is 0.751. The zero-order valence-electron chi connectivity index (χ0n) is 17.9. The van der Waals surface area contributed by atoms with E-state index < -0.39 is 17.4 Å². The van der Waals surface area contributed by atoms with Gasteiger partial charge < -0.3 is 19.7 Å². The summed E-state index contributed by atoms with van der Waals surface area (Å²) in [6, 6.07) is 15.3. The van der Waals surface area contributed by atoms with Gasteiger partial charge in [0.05, 0.1) is 31.6 Å². The van der Waals surface area contributed by atoms with Crippen LogP contribution in [0.15, 0.2) is 60.7 Å². The molecule has 0 radical (unpaired) electrons. The molecule has 1 N–H and O–H groups in total. The van der Waals surface area contributed by atoms with Crippen LogP contribution in [0.1, 0.15) is 25.3 Å². The van der Waals surface area contributed by atoms with Crippen LogP contribution >= 0.6 is 0 Å². The number of fused-ring (bicyclic) bond motifs is 1. The van der Waals surface area contributed by atoms with Crippen LogP contribution in [-0.2, 0) is 14.3 Å². The Kier molecular flexibility index (Phi) is 4.63. The van der Waals surface area contributed by atoms with Crippen LogP contribution in [0.4, 0.5) is 11.4 Å². The number of hydrogen-bond donors (Lipinski definition) is 1. The Morgan fingerprint density at radius 2 is 2.00 bits per heavy atom. The van der Waals surface area contributed by atoms with Crippen LogP contribution < -0.4 is 15.0 Å². The molecule has 3 aliphatic rings. The number of anilines is 2. The van der Waals surface area contributed by atoms with Crippen LogP contribution in [0.5, 0.6) is 5.75 Å². The third-order valence-corrected chi connectivity index (χ3v) is 6.61. The van der Waals surface area contributed by atoms with Crippen molar-refractivity contribution in [1.82, 2.24) is 0 Å². The summed E-state index contributed by atoms with van der Waals surface area (Å²) in [6.07, 6.45) is 3.50. The van der Waals surface area contributed by atoms with Gasteiger partial charge in [0.1, 0.15) is 11.4 Å². The van der Waals surface area contributed by atoms with Gasteiger partial charge in [-0.15, -0.1) is 0 Å². The number of nitrogens with zero attached hydrogens (tertiary/aromatic N) is 1. The molecule has 0 aromatic heterocycles. The zero-order valence-corrected chi connectivity index (χ0v) is 17.9. The normalized spacial score (nSPS) is 28.3. The van der Waals surface area contributed by atoms with Crippen molar-refractivity contribution in [2.45, 2.75) is 31.5 Å². The Balaban J connectivity index is 1.39. The van der Waals surface area contributed by atoms with Crippen molar-refractivity contribution in [3.05, 3.63) is 66.2 Å². The van der Waals surface area contributed by atoms with Crippen molar-refractivity contribution in [1.29, 1.82) is 0 Å². The first-order valence-corrected chi connectivity index (χ1v) is 10.7. The minimum absolute atomic E-state index is 0.0876. The summed E-state index contributed by atoms with van der Waals surface area (Å²) in [5.74, 6) is -0.261. The maximum absolute atomic E-state index is 13.4. The second kappa shape index (κ2) is 7.24. The minimum Gasteiger partial charge on any atom is -0.497 e. The van der Waals surface area contributed by atoms with E-state index in [4.69, 9.17) is 9.47 Å². The fraction of sp³-hybridized carbons (Fsp3) is 0.360. The molecule has 2 fully saturated rings. The summed E-state index contributed by atoms with van der Waals surface area (Å²) in [5, 5.41) is 2.99. The second-order valence-corrected chi connectivity index (χ2v) is 8.79. The van der Waals surface area contributed by atoms with Gasteiger partial charge in [0.25, 0.3) is 0 Å². The summed E-state index contributed by atoms with van der Waals surface area (Å²) in [7, 11) is 1.60. The maximum atomic E-state index is 13.4. The summed E-state index contributed by atoms with van der Waals surface area (Å²) in [5.41, 5.74) is 1.93. The van der Waals surface area contributed by atoms with Crippen LogP contribution in [-0.4, -0.2) is 37.2 Å². The van der Waals surface area contributed by atoms with Gasteiger partial charge in [0, 0.05) is 17.4 Å². The molecule has 2 aromatic carbocycles. The second-order valence-electron chi connectivity index (χ2n) is 8.79. The van der Waals surface area contributed by atoms with E-state index in [1.165, 1.54) is 5.56 Å². The molecule has 4 atom stereocenters. The highest BCUT2D eigenvalue weighted by atomic mass is 16.5. The van der Waals surface area contributed by atoms with Gasteiger partial charge in [0.2, 0.25) is 11.8 Å². The fourth-order valence-electron chi connectivity index (χ4n) is 4.97. The predicted octanol–water partition coefficient (Wildman–Crippen LogP) is 3.74. The van der Waals surface area contributed by atoms with Gasteiger partial charge in [-0.1, -0.05) is 44.2 Å². The number of methoxy groups -OCH3 is 1. The fourth-order valence-corrected chi connectivity index (χ4v) is 4.97. The Morgan fingerprint density at radius 3 is 2.71 bits per heavy atom. The van der Waals surface area contributed by atoms with Crippen molar-refractivity contribution >= 4 is 23.2 Å². The topological polar surface area (TPSA) is 67.9 Å². The Morgan fingerprint density at radius 1 is 1.23 bits per heavy atom. The molecule has 1 spiro atoms. The van der Waals surface area contributed by atoms with E-state index in [0.29, 0.717) is 18.2 Å². The van der Waals surface area contributed by atoms with E-state index >= 15 is 0 Å². The molecule has 160 valence electrons. The van der Waals surface area contributed by atoms with Gasteiger partial charge in [-0.2, -0.15) is 0 Å². The van der Waals surface area contributed by atoms with E-state index in [0.717, 1.165) is 11.4 Å². The van der Waals surface area contributed by atoms with Crippen molar-refractivity contribution in [3.8, 4) is 5.75 Å². The number of ether oxygens (including phenoxy) is 2. The van der Waals surface area contributed by atoms with Gasteiger partial charge in [-0.05, 0) is 35.7 Å². The first kappa shape index (κ1) is 19.8. The summed E-state index contributed by atoms with van der Waals surface area (Å²) < 4.78 is 11.5. The highest BCUT2D eigenvalue weighted by molar-refractivity contribution is 6.05. The number of carbonyl (C=O) groups excluding carboxylic acids is 2. The molecular formula is C25H26N2O4. The number of rotatable bonds is 5. The molecule has 0 aliphatic carbocycles. The number of carbonyl (C=O) groups is 2. The lowest BCUT2D eigenvalue weighted by Gasteiger charge is -2.23. The van der Waals surface area contributed by atoms with Crippen molar-refractivity contribution < 1.29 is 19.1 Å². The lowest BCUT2D eigenvalue weighted by atomic mass is 9.76. The minimum atomic E-state index is -0.756. The monoisotopic (exact) mass is 418 g/mol. The van der Waals surface area contributed by atoms with E-state index in [1.807, 2.05) is 60.7 Å². The summed E-state index contributed by atoms with van der Waals surface area (Å²) in [6.45, 7) is 4.65. The standard InChI is InChI=1S/C25H26N2O4/c1-15(2)16-7-9-17(10-8-16)26-23(28)21-20-11-12-25(31-20)14-27(24(29)22(21)25)18-5-4-6-19(13-18)30-3/h4-13,15,20-22H,14H2,1-3H3,(H,26,28)/t20-,21-,22-,25-/m1/s1. The SMILES string of the molecule is COc1cccc(N2C[C@@]34C=C[C@@H](O3)[C@@H](C(=O)Nc3ccc(C(C)C)cc3)[C@@H]4C2=O)c1. The molecule has 0 saturated carbocycles. The number of hydrogen-bond acceptors (Lipinski definition) is 4. The Hall–Kier alpha value is -3.12. The van der Waals surface area contributed by atoms with Crippen LogP contribution in [0.25, 0.3) is 0 Å². The van der Waals surface area contributed by atoms with Crippen molar-refractivity contribution in [2.24, 2.45) is 11.8 Å². The van der Waals surface area contributed by atoms with E-state index in [9.17, 15) is 9.59 Å². The maximum Gasteiger partial charge on any atom is 0.234 e. The van der Waals surface area contributed by atoms with Gasteiger partial charge in [0.15, 0.2) is 0 Å². The number of nitrogens with one attached hydrogen (secondary N) is 1. The van der Waals surface area contributed by atoms with Gasteiger partial charge in [-0.25, -0.2) is 0 Å². The molecule has 31 heavy (non-hydrogen) atoms. The van der Waals surface area contributed by atoms with Crippen LogP contribution in [0.3, 0.4) is 0 Å². The summed E-state index contributed by atoms with van der Waals surface area (Å²) >= 11 is 0. The zero-order chi connectivity index (χ0) is 21.8. The molecule has 3 heterocycles. The molecule has 2 saturated heterocycles. The van der Waals surface area contributed by atoms with Gasteiger partial charge >= 0.3 is 0 Å². The average Bonchev–Trinajstić information content (AvgIpc) is 3.42. The lowest BCUT2D eigenvalue weighted by Crippen LogP contribution is -2.41. The third-order valence-electron chi connectivity index (χ3n) is 6.61. The smallest absolute Gasteiger partial charge is 0.234 e. The molecule has 2 aromatic rings. The van der Waals surface area contributed by atoms with Gasteiger partial charge in [-0.3, -0.25) is 9.59 Å². The molecule has 2 bridgehead atoms. The molecule has 6 nitrogen and oxygen atoms in total. The molecule has 0 unspecified atom stereocenters. The largest absolute Gasteiger partial charge is 0.497 e.